The summed E-state index contributed by atoms with van der Waals surface area (Å²) >= 11 is 1.83. The summed E-state index contributed by atoms with van der Waals surface area (Å²) in [6, 6.07) is 0. The average molecular weight is 380 g/mol. The number of rotatable bonds is 4. The van der Waals surface area contributed by atoms with Gasteiger partial charge >= 0.3 is 11.9 Å². The van der Waals surface area contributed by atoms with E-state index in [9.17, 15) is 24.6 Å². The molecule has 0 fully saturated rings. The minimum atomic E-state index is -1.79. The molecule has 104 valence electrons. The number of carbonyl (C=O) groups is 3. The van der Waals surface area contributed by atoms with E-state index < -0.39 is 29.0 Å². The first-order chi connectivity index (χ1) is 8.72. The van der Waals surface area contributed by atoms with Crippen LogP contribution in [-0.4, -0.2) is 38.0 Å². The Morgan fingerprint density at radius 1 is 1.42 bits per heavy atom. The molecule has 1 aliphatic heterocycles. The molecule has 1 unspecified atom stereocenters. The summed E-state index contributed by atoms with van der Waals surface area (Å²) in [5, 5.41) is 23.5. The van der Waals surface area contributed by atoms with Gasteiger partial charge in [-0.3, -0.25) is 4.79 Å². The number of aliphatic carboxylic acids is 2. The van der Waals surface area contributed by atoms with E-state index in [1.165, 1.54) is 13.0 Å². The molecule has 0 saturated heterocycles. The second-order valence-electron chi connectivity index (χ2n) is 4.16. The van der Waals surface area contributed by atoms with E-state index in [4.69, 9.17) is 0 Å². The first kappa shape index (κ1) is 15.5. The number of nitrogens with one attached hydrogen (secondary N) is 2. The summed E-state index contributed by atoms with van der Waals surface area (Å²) in [6.45, 7) is 2.83. The van der Waals surface area contributed by atoms with Gasteiger partial charge in [-0.05, 0) is 19.9 Å². The van der Waals surface area contributed by atoms with Gasteiger partial charge in [0.25, 0.3) is 0 Å². The molecule has 0 aromatic carbocycles. The number of dihydropyridines is 1. The zero-order valence-electron chi connectivity index (χ0n) is 10.3. The van der Waals surface area contributed by atoms with Crippen LogP contribution in [0.2, 0.25) is 0 Å². The number of halogens is 1. The minimum Gasteiger partial charge on any atom is -0.479 e. The molecule has 4 N–H and O–H groups in total. The summed E-state index contributed by atoms with van der Waals surface area (Å²) in [4.78, 5) is 34.0. The van der Waals surface area contributed by atoms with E-state index in [2.05, 4.69) is 10.6 Å². The van der Waals surface area contributed by atoms with Crippen molar-refractivity contribution in [3.8, 4) is 0 Å². The fourth-order valence-corrected chi connectivity index (χ4v) is 2.01. The fourth-order valence-electron chi connectivity index (χ4n) is 1.82. The van der Waals surface area contributed by atoms with Crippen LogP contribution >= 0.6 is 22.6 Å². The zero-order valence-corrected chi connectivity index (χ0v) is 12.4. The van der Waals surface area contributed by atoms with Gasteiger partial charge in [0.05, 0.1) is 15.7 Å². The third kappa shape index (κ3) is 3.06. The average Bonchev–Trinajstić information content (AvgIpc) is 2.26. The first-order valence-corrected chi connectivity index (χ1v) is 6.78. The Bertz CT molecular complexity index is 511. The number of amides is 1. The third-order valence-electron chi connectivity index (χ3n) is 2.61. The van der Waals surface area contributed by atoms with E-state index in [-0.39, 0.29) is 10.1 Å². The quantitative estimate of drug-likeness (QED) is 0.410. The van der Waals surface area contributed by atoms with Gasteiger partial charge in [0, 0.05) is 5.70 Å². The summed E-state index contributed by atoms with van der Waals surface area (Å²) < 4.78 is 0.137. The fraction of sp³-hybridized carbons (Fsp3) is 0.364. The molecular weight excluding hydrogens is 367 g/mol. The standard InChI is InChI=1S/C11H13IN2O5/c1-5-3-6(13-7(15)4-12)8(9(16)17)11(2,14-5)10(18)19/h3,14H,4H2,1-2H3,(H,13,15)(H,16,17)(H,18,19). The summed E-state index contributed by atoms with van der Waals surface area (Å²) in [5.74, 6) is -3.13. The lowest BCUT2D eigenvalue weighted by Gasteiger charge is -2.33. The normalized spacial score (nSPS) is 22.4. The highest BCUT2D eigenvalue weighted by molar-refractivity contribution is 14.1. The lowest BCUT2D eigenvalue weighted by atomic mass is 9.86. The maximum absolute atomic E-state index is 11.4. The van der Waals surface area contributed by atoms with Crippen LogP contribution in [0.5, 0.6) is 0 Å². The highest BCUT2D eigenvalue weighted by Gasteiger charge is 2.45. The molecule has 0 saturated carbocycles. The monoisotopic (exact) mass is 380 g/mol. The molecule has 1 heterocycles. The van der Waals surface area contributed by atoms with Crippen molar-refractivity contribution < 1.29 is 24.6 Å². The molecule has 0 aromatic heterocycles. The lowest BCUT2D eigenvalue weighted by Crippen LogP contribution is -2.55. The number of carboxylic acid groups (broad SMARTS) is 2. The molecule has 1 aliphatic rings. The van der Waals surface area contributed by atoms with Gasteiger partial charge in [0.2, 0.25) is 5.91 Å². The van der Waals surface area contributed by atoms with E-state index in [0.717, 1.165) is 0 Å². The molecule has 1 rings (SSSR count). The molecular formula is C11H13IN2O5. The largest absolute Gasteiger partial charge is 0.479 e. The molecule has 0 aliphatic carbocycles. The molecule has 0 aromatic rings. The topological polar surface area (TPSA) is 116 Å². The third-order valence-corrected chi connectivity index (χ3v) is 3.31. The van der Waals surface area contributed by atoms with Gasteiger partial charge < -0.3 is 20.8 Å². The van der Waals surface area contributed by atoms with Gasteiger partial charge in [-0.1, -0.05) is 22.6 Å². The summed E-state index contributed by atoms with van der Waals surface area (Å²) in [5.41, 5.74) is -1.74. The molecule has 1 amide bonds. The SMILES string of the molecule is CC1=CC(NC(=O)CI)=C(C(=O)O)C(C)(C(=O)O)N1. The Labute approximate surface area is 122 Å². The van der Waals surface area contributed by atoms with Crippen LogP contribution in [0.3, 0.4) is 0 Å². The lowest BCUT2D eigenvalue weighted by molar-refractivity contribution is -0.145. The van der Waals surface area contributed by atoms with Crippen molar-refractivity contribution in [3.05, 3.63) is 23.0 Å². The summed E-state index contributed by atoms with van der Waals surface area (Å²) in [7, 11) is 0. The Balaban J connectivity index is 3.41. The smallest absolute Gasteiger partial charge is 0.336 e. The minimum absolute atomic E-state index is 0.00434. The van der Waals surface area contributed by atoms with E-state index >= 15 is 0 Å². The number of allylic oxidation sites excluding steroid dienone is 2. The van der Waals surface area contributed by atoms with Crippen LogP contribution in [-0.2, 0) is 14.4 Å². The van der Waals surface area contributed by atoms with Crippen molar-refractivity contribution in [2.24, 2.45) is 0 Å². The number of carbonyl (C=O) groups excluding carboxylic acids is 1. The first-order valence-electron chi connectivity index (χ1n) is 5.26. The van der Waals surface area contributed by atoms with Crippen molar-refractivity contribution in [1.82, 2.24) is 10.6 Å². The molecule has 8 heteroatoms. The molecule has 0 spiro atoms. The Kier molecular flexibility index (Phi) is 4.56. The second kappa shape index (κ2) is 5.59. The van der Waals surface area contributed by atoms with Gasteiger partial charge in [-0.15, -0.1) is 0 Å². The Morgan fingerprint density at radius 3 is 2.42 bits per heavy atom. The van der Waals surface area contributed by atoms with Crippen LogP contribution in [0.4, 0.5) is 0 Å². The van der Waals surface area contributed by atoms with E-state index in [1.54, 1.807) is 6.92 Å². The van der Waals surface area contributed by atoms with Crippen LogP contribution in [0, 0.1) is 0 Å². The zero-order chi connectivity index (χ0) is 14.8. The van der Waals surface area contributed by atoms with Crippen LogP contribution in [0.25, 0.3) is 0 Å². The van der Waals surface area contributed by atoms with Crippen molar-refractivity contribution >= 4 is 40.4 Å². The maximum Gasteiger partial charge on any atom is 0.336 e. The van der Waals surface area contributed by atoms with Crippen molar-refractivity contribution in [1.29, 1.82) is 0 Å². The number of alkyl halides is 1. The van der Waals surface area contributed by atoms with E-state index in [0.29, 0.717) is 5.70 Å². The molecule has 19 heavy (non-hydrogen) atoms. The molecule has 1 atom stereocenters. The Hall–Kier alpha value is -1.58. The summed E-state index contributed by atoms with van der Waals surface area (Å²) in [6.07, 6.45) is 1.40. The van der Waals surface area contributed by atoms with E-state index in [1.807, 2.05) is 22.6 Å². The van der Waals surface area contributed by atoms with Gasteiger partial charge in [0.15, 0.2) is 5.54 Å². The van der Waals surface area contributed by atoms with Gasteiger partial charge in [0.1, 0.15) is 0 Å². The number of carboxylic acids is 2. The number of hydrogen-bond acceptors (Lipinski definition) is 4. The van der Waals surface area contributed by atoms with Gasteiger partial charge in [-0.25, -0.2) is 9.59 Å². The number of hydrogen-bond donors (Lipinski definition) is 4. The predicted molar refractivity (Wildman–Crippen MR) is 74.6 cm³/mol. The van der Waals surface area contributed by atoms with Crippen LogP contribution in [0.15, 0.2) is 23.0 Å². The predicted octanol–water partition coefficient (Wildman–Crippen LogP) is 0.227. The highest BCUT2D eigenvalue weighted by atomic mass is 127. The molecule has 7 nitrogen and oxygen atoms in total. The molecule has 0 radical (unpaired) electrons. The highest BCUT2D eigenvalue weighted by Crippen LogP contribution is 2.26. The molecule has 0 bridgehead atoms. The van der Waals surface area contributed by atoms with Crippen molar-refractivity contribution in [2.45, 2.75) is 19.4 Å². The van der Waals surface area contributed by atoms with Crippen LogP contribution < -0.4 is 10.6 Å². The Morgan fingerprint density at radius 2 is 2.00 bits per heavy atom. The van der Waals surface area contributed by atoms with Gasteiger partial charge in [-0.2, -0.15) is 0 Å². The van der Waals surface area contributed by atoms with Crippen molar-refractivity contribution in [3.63, 3.8) is 0 Å². The second-order valence-corrected chi connectivity index (χ2v) is 4.92. The maximum atomic E-state index is 11.4. The van der Waals surface area contributed by atoms with Crippen molar-refractivity contribution in [2.75, 3.05) is 4.43 Å². The van der Waals surface area contributed by atoms with Crippen LogP contribution in [0.1, 0.15) is 13.8 Å².